The van der Waals surface area contributed by atoms with Crippen LogP contribution in [0.1, 0.15) is 37.7 Å². The lowest BCUT2D eigenvalue weighted by Gasteiger charge is -2.08. The van der Waals surface area contributed by atoms with E-state index in [-0.39, 0.29) is 6.42 Å². The van der Waals surface area contributed by atoms with Crippen LogP contribution in [0.5, 0.6) is 0 Å². The van der Waals surface area contributed by atoms with E-state index in [2.05, 4.69) is 25.1 Å². The van der Waals surface area contributed by atoms with Gasteiger partial charge < -0.3 is 5.11 Å². The molecule has 0 fully saturated rings. The van der Waals surface area contributed by atoms with Gasteiger partial charge in [0.25, 0.3) is 0 Å². The summed E-state index contributed by atoms with van der Waals surface area (Å²) >= 11 is 0. The first-order valence-electron chi connectivity index (χ1n) is 5.62. The fraction of sp³-hybridized carbons (Fsp3) is 0.357. The Kier molecular flexibility index (Phi) is 5.34. The van der Waals surface area contributed by atoms with Crippen LogP contribution in [0.3, 0.4) is 0 Å². The minimum atomic E-state index is -0.735. The van der Waals surface area contributed by atoms with E-state index in [0.29, 0.717) is 12.3 Å². The van der Waals surface area contributed by atoms with Gasteiger partial charge in [0.15, 0.2) is 0 Å². The number of allylic oxidation sites excluding steroid dienone is 2. The van der Waals surface area contributed by atoms with E-state index in [9.17, 15) is 4.79 Å². The Labute approximate surface area is 96.6 Å². The molecule has 1 rings (SSSR count). The van der Waals surface area contributed by atoms with Gasteiger partial charge in [0, 0.05) is 6.42 Å². The molecule has 1 N–H and O–H groups in total. The number of aliphatic carboxylic acids is 1. The maximum Gasteiger partial charge on any atom is 0.303 e. The van der Waals surface area contributed by atoms with Gasteiger partial charge in [-0.1, -0.05) is 49.4 Å². The summed E-state index contributed by atoms with van der Waals surface area (Å²) in [7, 11) is 0. The molecule has 0 heterocycles. The van der Waals surface area contributed by atoms with Crippen molar-refractivity contribution in [2.75, 3.05) is 0 Å². The molecular weight excluding hydrogens is 200 g/mol. The maximum absolute atomic E-state index is 10.3. The van der Waals surface area contributed by atoms with Crippen molar-refractivity contribution in [2.45, 2.75) is 32.1 Å². The molecule has 1 atom stereocenters. The Morgan fingerprint density at radius 2 is 2.00 bits per heavy atom. The predicted octanol–water partition coefficient (Wildman–Crippen LogP) is 3.60. The summed E-state index contributed by atoms with van der Waals surface area (Å²) in [5.41, 5.74) is 1.32. The zero-order chi connectivity index (χ0) is 11.8. The average molecular weight is 218 g/mol. The number of carbonyl (C=O) groups is 1. The quantitative estimate of drug-likeness (QED) is 0.741. The Morgan fingerprint density at radius 3 is 2.62 bits per heavy atom. The highest BCUT2D eigenvalue weighted by molar-refractivity contribution is 5.66. The van der Waals surface area contributed by atoms with Crippen LogP contribution in [-0.2, 0) is 4.79 Å². The first kappa shape index (κ1) is 12.5. The minimum absolute atomic E-state index is 0.218. The standard InChI is InChI=1S/C14H18O2/c1-12(13-9-5-3-6-10-13)8-4-2-7-11-14(15)16/h2-6,9-10,12H,7-8,11H2,1H3,(H,15,16)/b4-2-. The van der Waals surface area contributed by atoms with Crippen molar-refractivity contribution < 1.29 is 9.90 Å². The lowest BCUT2D eigenvalue weighted by Crippen LogP contribution is -1.92. The van der Waals surface area contributed by atoms with Gasteiger partial charge in [-0.2, -0.15) is 0 Å². The van der Waals surface area contributed by atoms with Crippen molar-refractivity contribution in [3.8, 4) is 0 Å². The molecule has 0 saturated carbocycles. The van der Waals surface area contributed by atoms with Crippen molar-refractivity contribution in [3.63, 3.8) is 0 Å². The average Bonchev–Trinajstić information content (AvgIpc) is 2.29. The molecule has 86 valence electrons. The van der Waals surface area contributed by atoms with E-state index in [0.717, 1.165) is 6.42 Å². The molecule has 0 amide bonds. The summed E-state index contributed by atoms with van der Waals surface area (Å²) in [4.78, 5) is 10.3. The third kappa shape index (κ3) is 4.78. The number of hydrogen-bond donors (Lipinski definition) is 1. The second-order valence-electron chi connectivity index (χ2n) is 3.95. The van der Waals surface area contributed by atoms with Gasteiger partial charge >= 0.3 is 5.97 Å². The molecule has 0 aliphatic carbocycles. The van der Waals surface area contributed by atoms with Crippen LogP contribution in [0.2, 0.25) is 0 Å². The molecule has 0 bridgehead atoms. The second kappa shape index (κ2) is 6.83. The van der Waals surface area contributed by atoms with Crippen molar-refractivity contribution in [1.29, 1.82) is 0 Å². The van der Waals surface area contributed by atoms with E-state index in [1.165, 1.54) is 5.56 Å². The van der Waals surface area contributed by atoms with Gasteiger partial charge in [-0.05, 0) is 24.3 Å². The number of benzene rings is 1. The van der Waals surface area contributed by atoms with Gasteiger partial charge in [0.1, 0.15) is 0 Å². The Bertz CT molecular complexity index is 341. The third-order valence-electron chi connectivity index (χ3n) is 2.55. The minimum Gasteiger partial charge on any atom is -0.481 e. The molecule has 1 aromatic carbocycles. The summed E-state index contributed by atoms with van der Waals surface area (Å²) in [6, 6.07) is 10.3. The first-order valence-corrected chi connectivity index (χ1v) is 5.62. The van der Waals surface area contributed by atoms with Gasteiger partial charge in [0.2, 0.25) is 0 Å². The van der Waals surface area contributed by atoms with Crippen molar-refractivity contribution in [3.05, 3.63) is 48.0 Å². The maximum atomic E-state index is 10.3. The SMILES string of the molecule is CC(C/C=C\CCC(=O)O)c1ccccc1. The van der Waals surface area contributed by atoms with Crippen molar-refractivity contribution in [2.24, 2.45) is 0 Å². The van der Waals surface area contributed by atoms with Gasteiger partial charge in [0.05, 0.1) is 0 Å². The van der Waals surface area contributed by atoms with E-state index in [1.807, 2.05) is 24.3 Å². The fourth-order valence-corrected chi connectivity index (χ4v) is 1.54. The van der Waals surface area contributed by atoms with Crippen LogP contribution in [0.4, 0.5) is 0 Å². The molecule has 0 aromatic heterocycles. The lowest BCUT2D eigenvalue weighted by atomic mass is 9.98. The Balaban J connectivity index is 2.30. The van der Waals surface area contributed by atoms with Gasteiger partial charge in [-0.25, -0.2) is 0 Å². The normalized spacial score (nSPS) is 12.8. The van der Waals surface area contributed by atoms with E-state index < -0.39 is 5.97 Å². The Morgan fingerprint density at radius 1 is 1.31 bits per heavy atom. The van der Waals surface area contributed by atoms with E-state index in [4.69, 9.17) is 5.11 Å². The highest BCUT2D eigenvalue weighted by atomic mass is 16.4. The molecule has 1 unspecified atom stereocenters. The predicted molar refractivity (Wildman–Crippen MR) is 65.5 cm³/mol. The van der Waals surface area contributed by atoms with Crippen LogP contribution in [-0.4, -0.2) is 11.1 Å². The smallest absolute Gasteiger partial charge is 0.303 e. The topological polar surface area (TPSA) is 37.3 Å². The molecule has 0 aliphatic heterocycles. The molecule has 0 aliphatic rings. The molecule has 2 nitrogen and oxygen atoms in total. The zero-order valence-electron chi connectivity index (χ0n) is 9.60. The third-order valence-corrected chi connectivity index (χ3v) is 2.55. The van der Waals surface area contributed by atoms with E-state index >= 15 is 0 Å². The number of carboxylic acids is 1. The summed E-state index contributed by atoms with van der Waals surface area (Å²) in [5.74, 6) is -0.247. The monoisotopic (exact) mass is 218 g/mol. The van der Waals surface area contributed by atoms with Crippen LogP contribution >= 0.6 is 0 Å². The summed E-state index contributed by atoms with van der Waals surface area (Å²) < 4.78 is 0. The second-order valence-corrected chi connectivity index (χ2v) is 3.95. The highest BCUT2D eigenvalue weighted by Gasteiger charge is 2.01. The van der Waals surface area contributed by atoms with E-state index in [1.54, 1.807) is 0 Å². The summed E-state index contributed by atoms with van der Waals surface area (Å²) in [6.45, 7) is 2.18. The fourth-order valence-electron chi connectivity index (χ4n) is 1.54. The van der Waals surface area contributed by atoms with Gasteiger partial charge in [-0.15, -0.1) is 0 Å². The zero-order valence-corrected chi connectivity index (χ0v) is 9.60. The van der Waals surface area contributed by atoms with Crippen LogP contribution in [0.25, 0.3) is 0 Å². The number of rotatable bonds is 6. The summed E-state index contributed by atoms with van der Waals surface area (Å²) in [5, 5.41) is 8.47. The molecule has 0 saturated heterocycles. The van der Waals surface area contributed by atoms with Crippen molar-refractivity contribution in [1.82, 2.24) is 0 Å². The molecule has 16 heavy (non-hydrogen) atoms. The molecular formula is C14H18O2. The molecule has 0 radical (unpaired) electrons. The molecule has 2 heteroatoms. The Hall–Kier alpha value is -1.57. The van der Waals surface area contributed by atoms with Crippen LogP contribution in [0, 0.1) is 0 Å². The number of carboxylic acid groups (broad SMARTS) is 1. The largest absolute Gasteiger partial charge is 0.481 e. The van der Waals surface area contributed by atoms with Crippen LogP contribution in [0.15, 0.2) is 42.5 Å². The first-order chi connectivity index (χ1) is 7.70. The highest BCUT2D eigenvalue weighted by Crippen LogP contribution is 2.18. The number of hydrogen-bond acceptors (Lipinski definition) is 1. The molecule has 0 spiro atoms. The molecule has 1 aromatic rings. The van der Waals surface area contributed by atoms with Crippen molar-refractivity contribution >= 4 is 5.97 Å². The van der Waals surface area contributed by atoms with Gasteiger partial charge in [-0.3, -0.25) is 4.79 Å². The summed E-state index contributed by atoms with van der Waals surface area (Å²) in [6.07, 6.45) is 5.82. The van der Waals surface area contributed by atoms with Crippen LogP contribution < -0.4 is 0 Å². The lowest BCUT2D eigenvalue weighted by molar-refractivity contribution is -0.136.